The van der Waals surface area contributed by atoms with Crippen molar-refractivity contribution in [1.82, 2.24) is 0 Å². The summed E-state index contributed by atoms with van der Waals surface area (Å²) in [5.74, 6) is -0.583. The van der Waals surface area contributed by atoms with Gasteiger partial charge in [-0.15, -0.1) is 0 Å². The highest BCUT2D eigenvalue weighted by molar-refractivity contribution is 5.93. The van der Waals surface area contributed by atoms with Gasteiger partial charge in [0.25, 0.3) is 0 Å². The molecule has 1 aromatic rings. The van der Waals surface area contributed by atoms with E-state index >= 15 is 0 Å². The fourth-order valence-corrected chi connectivity index (χ4v) is 1.45. The second kappa shape index (κ2) is 2.74. The van der Waals surface area contributed by atoms with Crippen LogP contribution in [0.1, 0.15) is 29.8 Å². The summed E-state index contributed by atoms with van der Waals surface area (Å²) in [6.45, 7) is 5.39. The number of aryl methyl sites for hydroxylation is 1. The first-order valence-electron chi connectivity index (χ1n) is 4.51. The average Bonchev–Trinajstić information content (AvgIpc) is 2.00. The van der Waals surface area contributed by atoms with E-state index in [1.807, 2.05) is 19.1 Å². The van der Waals surface area contributed by atoms with Crippen molar-refractivity contribution in [2.45, 2.75) is 26.6 Å². The predicted octanol–water partition coefficient (Wildman–Crippen LogP) is 2.28. The zero-order valence-corrected chi connectivity index (χ0v) is 8.46. The first kappa shape index (κ1) is 9.06. The lowest BCUT2D eigenvalue weighted by Crippen LogP contribution is -2.38. The largest absolute Gasteiger partial charge is 0.452 e. The first-order valence-corrected chi connectivity index (χ1v) is 4.51. The molecule has 14 heavy (non-hydrogen) atoms. The molecule has 0 saturated heterocycles. The average molecular weight is 192 g/mol. The van der Waals surface area contributed by atoms with Crippen LogP contribution >= 0.6 is 0 Å². The number of rotatable bonds is 0. The monoisotopic (exact) mass is 192 g/mol. The predicted molar refractivity (Wildman–Crippen MR) is 51.3 cm³/mol. The van der Waals surface area contributed by atoms with Crippen LogP contribution in [0, 0.1) is 6.92 Å². The molecule has 3 nitrogen and oxygen atoms in total. The van der Waals surface area contributed by atoms with E-state index in [4.69, 9.17) is 9.47 Å². The van der Waals surface area contributed by atoms with Gasteiger partial charge in [-0.05, 0) is 24.6 Å². The Morgan fingerprint density at radius 3 is 2.64 bits per heavy atom. The van der Waals surface area contributed by atoms with E-state index in [0.717, 1.165) is 5.56 Å². The molecule has 1 aliphatic heterocycles. The minimum Gasteiger partial charge on any atom is -0.452 e. The van der Waals surface area contributed by atoms with Gasteiger partial charge in [-0.2, -0.15) is 0 Å². The maximum absolute atomic E-state index is 11.5. The van der Waals surface area contributed by atoms with Crippen molar-refractivity contribution in [1.29, 1.82) is 0 Å². The smallest absolute Gasteiger partial charge is 0.345 e. The number of carbonyl (C=O) groups is 1. The normalized spacial score (nSPS) is 18.1. The van der Waals surface area contributed by atoms with E-state index in [-0.39, 0.29) is 5.97 Å². The molecular weight excluding hydrogens is 180 g/mol. The molecule has 3 heteroatoms. The van der Waals surface area contributed by atoms with Gasteiger partial charge in [-0.25, -0.2) is 4.79 Å². The highest BCUT2D eigenvalue weighted by Gasteiger charge is 2.33. The first-order chi connectivity index (χ1) is 6.48. The summed E-state index contributed by atoms with van der Waals surface area (Å²) in [6.07, 6.45) is 0. The van der Waals surface area contributed by atoms with Gasteiger partial charge in [0.05, 0.1) is 0 Å². The van der Waals surface area contributed by atoms with Crippen LogP contribution in [0.25, 0.3) is 0 Å². The van der Waals surface area contributed by atoms with Crippen molar-refractivity contribution in [3.05, 3.63) is 29.3 Å². The molecule has 0 bridgehead atoms. The van der Waals surface area contributed by atoms with Crippen LogP contribution in [0.3, 0.4) is 0 Å². The van der Waals surface area contributed by atoms with Gasteiger partial charge in [-0.1, -0.05) is 6.07 Å². The molecule has 1 heterocycles. The molecule has 0 fully saturated rings. The van der Waals surface area contributed by atoms with Crippen LogP contribution in [0.5, 0.6) is 5.75 Å². The van der Waals surface area contributed by atoms with Crippen LogP contribution in [-0.2, 0) is 4.74 Å². The fraction of sp³-hybridized carbons (Fsp3) is 0.364. The van der Waals surface area contributed by atoms with Crippen molar-refractivity contribution < 1.29 is 14.3 Å². The second-order valence-electron chi connectivity index (χ2n) is 3.89. The number of hydrogen-bond acceptors (Lipinski definition) is 3. The minimum atomic E-state index is -0.863. The molecule has 0 spiro atoms. The summed E-state index contributed by atoms with van der Waals surface area (Å²) in [6, 6.07) is 5.43. The Hall–Kier alpha value is -1.51. The molecule has 0 atom stereocenters. The van der Waals surface area contributed by atoms with Gasteiger partial charge in [0.15, 0.2) is 0 Å². The molecule has 0 amide bonds. The SMILES string of the molecule is Cc1ccc2c(c1)OC(C)(C)OC2=O. The third-order valence-electron chi connectivity index (χ3n) is 2.05. The zero-order valence-electron chi connectivity index (χ0n) is 8.46. The molecule has 0 saturated carbocycles. The summed E-state index contributed by atoms with van der Waals surface area (Å²) < 4.78 is 10.6. The van der Waals surface area contributed by atoms with Crippen molar-refractivity contribution in [3.8, 4) is 5.75 Å². The Morgan fingerprint density at radius 2 is 1.93 bits per heavy atom. The standard InChI is InChI=1S/C11H12O3/c1-7-4-5-8-9(6-7)13-11(2,3)14-10(8)12/h4-6H,1-3H3. The van der Waals surface area contributed by atoms with E-state index in [9.17, 15) is 4.79 Å². The fourth-order valence-electron chi connectivity index (χ4n) is 1.45. The topological polar surface area (TPSA) is 35.5 Å². The van der Waals surface area contributed by atoms with Crippen LogP contribution in [0.2, 0.25) is 0 Å². The second-order valence-corrected chi connectivity index (χ2v) is 3.89. The molecule has 0 aliphatic carbocycles. The summed E-state index contributed by atoms with van der Waals surface area (Å²) in [5, 5.41) is 0. The Kier molecular flexibility index (Phi) is 1.77. The van der Waals surface area contributed by atoms with Crippen LogP contribution in [-0.4, -0.2) is 11.8 Å². The van der Waals surface area contributed by atoms with Gasteiger partial charge in [0, 0.05) is 13.8 Å². The number of fused-ring (bicyclic) bond motifs is 1. The number of carbonyl (C=O) groups excluding carboxylic acids is 1. The lowest BCUT2D eigenvalue weighted by Gasteiger charge is -2.31. The molecular formula is C11H12O3. The summed E-state index contributed by atoms with van der Waals surface area (Å²) in [4.78, 5) is 11.5. The number of esters is 1. The lowest BCUT2D eigenvalue weighted by atomic mass is 10.1. The number of cyclic esters (lactones) is 1. The maximum atomic E-state index is 11.5. The number of ether oxygens (including phenoxy) is 2. The van der Waals surface area contributed by atoms with E-state index in [1.165, 1.54) is 0 Å². The summed E-state index contributed by atoms with van der Waals surface area (Å²) in [5.41, 5.74) is 1.56. The molecule has 1 aromatic carbocycles. The number of benzene rings is 1. The van der Waals surface area contributed by atoms with Crippen LogP contribution < -0.4 is 4.74 Å². The molecule has 74 valence electrons. The Bertz CT molecular complexity index is 394. The van der Waals surface area contributed by atoms with E-state index in [2.05, 4.69) is 0 Å². The summed E-state index contributed by atoms with van der Waals surface area (Å²) >= 11 is 0. The van der Waals surface area contributed by atoms with Crippen molar-refractivity contribution in [3.63, 3.8) is 0 Å². The van der Waals surface area contributed by atoms with Gasteiger partial charge < -0.3 is 9.47 Å². The third kappa shape index (κ3) is 1.45. The van der Waals surface area contributed by atoms with Gasteiger partial charge in [0.2, 0.25) is 5.79 Å². The number of hydrogen-bond donors (Lipinski definition) is 0. The van der Waals surface area contributed by atoms with Gasteiger partial charge in [-0.3, -0.25) is 0 Å². The maximum Gasteiger partial charge on any atom is 0.345 e. The molecule has 2 rings (SSSR count). The Labute approximate surface area is 82.6 Å². The van der Waals surface area contributed by atoms with Crippen molar-refractivity contribution >= 4 is 5.97 Å². The molecule has 0 unspecified atom stereocenters. The van der Waals surface area contributed by atoms with E-state index in [1.54, 1.807) is 19.9 Å². The molecule has 1 aliphatic rings. The Balaban J connectivity index is 2.51. The van der Waals surface area contributed by atoms with Gasteiger partial charge >= 0.3 is 5.97 Å². The van der Waals surface area contributed by atoms with Crippen molar-refractivity contribution in [2.75, 3.05) is 0 Å². The molecule has 0 aromatic heterocycles. The third-order valence-corrected chi connectivity index (χ3v) is 2.05. The van der Waals surface area contributed by atoms with E-state index < -0.39 is 5.79 Å². The van der Waals surface area contributed by atoms with E-state index in [0.29, 0.717) is 11.3 Å². The van der Waals surface area contributed by atoms with Gasteiger partial charge in [0.1, 0.15) is 11.3 Å². The quantitative estimate of drug-likeness (QED) is 0.591. The molecule has 0 N–H and O–H groups in total. The summed E-state index contributed by atoms with van der Waals surface area (Å²) in [7, 11) is 0. The highest BCUT2D eigenvalue weighted by atomic mass is 16.7. The highest BCUT2D eigenvalue weighted by Crippen LogP contribution is 2.31. The lowest BCUT2D eigenvalue weighted by molar-refractivity contribution is -0.127. The van der Waals surface area contributed by atoms with Crippen LogP contribution in [0.15, 0.2) is 18.2 Å². The molecule has 0 radical (unpaired) electrons. The van der Waals surface area contributed by atoms with Crippen molar-refractivity contribution in [2.24, 2.45) is 0 Å². The minimum absolute atomic E-state index is 0.323. The zero-order chi connectivity index (χ0) is 10.3. The van der Waals surface area contributed by atoms with Crippen LogP contribution in [0.4, 0.5) is 0 Å². The Morgan fingerprint density at radius 1 is 1.21 bits per heavy atom.